The van der Waals surface area contributed by atoms with Crippen molar-refractivity contribution in [2.45, 2.75) is 25.8 Å². The summed E-state index contributed by atoms with van der Waals surface area (Å²) in [4.78, 5) is 21.5. The fourth-order valence-corrected chi connectivity index (χ4v) is 5.87. The van der Waals surface area contributed by atoms with Crippen molar-refractivity contribution in [3.05, 3.63) is 89.1 Å². The minimum Gasteiger partial charge on any atom is -0.383 e. The lowest BCUT2D eigenvalue weighted by Crippen LogP contribution is -2.17. The summed E-state index contributed by atoms with van der Waals surface area (Å²) in [5.41, 5.74) is 13.0. The van der Waals surface area contributed by atoms with Gasteiger partial charge in [0.2, 0.25) is 0 Å². The van der Waals surface area contributed by atoms with Crippen molar-refractivity contribution >= 4 is 40.4 Å². The highest BCUT2D eigenvalue weighted by Gasteiger charge is 2.34. The van der Waals surface area contributed by atoms with E-state index in [1.165, 1.54) is 17.5 Å². The molecule has 186 valence electrons. The number of hydrogen-bond acceptors (Lipinski definition) is 7. The molecule has 0 radical (unpaired) electrons. The van der Waals surface area contributed by atoms with Gasteiger partial charge in [-0.3, -0.25) is 4.79 Å². The van der Waals surface area contributed by atoms with E-state index in [4.69, 9.17) is 10.8 Å². The highest BCUT2D eigenvalue weighted by atomic mass is 32.2. The standard InChI is InChI=1S/C28H27N7OS/c1-2-12-37-34-15-20-13-23(14-21(20)16-34)35-27-24(26(29)30-17-31-27)25(33-35)18-8-10-19(11-9-18)28(36)32-22-6-4-3-5-7-22/h2-12,17,23H,13-16H2,1H3,(H,32,36)(H2,29,30,31). The molecule has 1 amide bonds. The fraction of sp³-hybridized carbons (Fsp3) is 0.214. The molecule has 3 N–H and O–H groups in total. The molecule has 2 aromatic carbocycles. The van der Waals surface area contributed by atoms with Gasteiger partial charge in [0.1, 0.15) is 17.8 Å². The molecule has 0 saturated heterocycles. The van der Waals surface area contributed by atoms with Crippen molar-refractivity contribution in [3.8, 4) is 11.3 Å². The van der Waals surface area contributed by atoms with Crippen LogP contribution in [0.15, 0.2) is 83.6 Å². The molecule has 6 rings (SSSR count). The number of anilines is 2. The molecule has 37 heavy (non-hydrogen) atoms. The number of para-hydroxylation sites is 1. The molecule has 1 aliphatic heterocycles. The van der Waals surface area contributed by atoms with E-state index in [-0.39, 0.29) is 11.9 Å². The number of carbonyl (C=O) groups excluding carboxylic acids is 1. The van der Waals surface area contributed by atoms with Crippen LogP contribution in [0.25, 0.3) is 22.3 Å². The van der Waals surface area contributed by atoms with Crippen LogP contribution in [0.4, 0.5) is 11.5 Å². The largest absolute Gasteiger partial charge is 0.383 e. The Hall–Kier alpha value is -3.95. The van der Waals surface area contributed by atoms with Gasteiger partial charge in [-0.1, -0.05) is 47.6 Å². The molecule has 0 spiro atoms. The maximum atomic E-state index is 12.7. The second-order valence-corrected chi connectivity index (χ2v) is 10.3. The maximum absolute atomic E-state index is 12.7. The van der Waals surface area contributed by atoms with E-state index in [0.717, 1.165) is 53.9 Å². The Morgan fingerprint density at radius 2 is 1.78 bits per heavy atom. The first-order valence-corrected chi connectivity index (χ1v) is 13.1. The Kier molecular flexibility index (Phi) is 6.23. The van der Waals surface area contributed by atoms with Crippen LogP contribution in [0.1, 0.15) is 36.2 Å². The van der Waals surface area contributed by atoms with Gasteiger partial charge in [-0.15, -0.1) is 0 Å². The third-order valence-corrected chi connectivity index (χ3v) is 7.81. The third-order valence-electron chi connectivity index (χ3n) is 6.86. The second-order valence-electron chi connectivity index (χ2n) is 9.29. The van der Waals surface area contributed by atoms with Gasteiger partial charge in [0.15, 0.2) is 5.65 Å². The van der Waals surface area contributed by atoms with Crippen LogP contribution in [0.2, 0.25) is 0 Å². The van der Waals surface area contributed by atoms with Gasteiger partial charge in [-0.25, -0.2) is 19.0 Å². The van der Waals surface area contributed by atoms with Crippen LogP contribution in [0.5, 0.6) is 0 Å². The van der Waals surface area contributed by atoms with E-state index >= 15 is 0 Å². The lowest BCUT2D eigenvalue weighted by atomic mass is 10.1. The maximum Gasteiger partial charge on any atom is 0.255 e. The summed E-state index contributed by atoms with van der Waals surface area (Å²) in [7, 11) is 0. The predicted molar refractivity (Wildman–Crippen MR) is 149 cm³/mol. The summed E-state index contributed by atoms with van der Waals surface area (Å²) in [5.74, 6) is 0.244. The fourth-order valence-electron chi connectivity index (χ4n) is 5.11. The number of fused-ring (bicyclic) bond motifs is 1. The van der Waals surface area contributed by atoms with Crippen molar-refractivity contribution in [1.82, 2.24) is 24.1 Å². The van der Waals surface area contributed by atoms with E-state index in [0.29, 0.717) is 11.4 Å². The second kappa shape index (κ2) is 9.84. The molecule has 2 aromatic heterocycles. The number of nitrogens with two attached hydrogens (primary N) is 1. The highest BCUT2D eigenvalue weighted by Crippen LogP contribution is 2.43. The van der Waals surface area contributed by atoms with Crippen molar-refractivity contribution in [2.75, 3.05) is 24.1 Å². The number of aromatic nitrogens is 4. The number of amides is 1. The zero-order valence-corrected chi connectivity index (χ0v) is 21.3. The minimum atomic E-state index is -0.163. The van der Waals surface area contributed by atoms with Crippen LogP contribution in [0.3, 0.4) is 0 Å². The first kappa shape index (κ1) is 23.4. The Bertz CT molecular complexity index is 1510. The van der Waals surface area contributed by atoms with Gasteiger partial charge in [-0.2, -0.15) is 5.10 Å². The highest BCUT2D eigenvalue weighted by molar-refractivity contribution is 7.99. The van der Waals surface area contributed by atoms with Gasteiger partial charge >= 0.3 is 0 Å². The van der Waals surface area contributed by atoms with E-state index in [9.17, 15) is 4.79 Å². The van der Waals surface area contributed by atoms with E-state index in [1.807, 2.05) is 54.1 Å². The topological polar surface area (TPSA) is 102 Å². The quantitative estimate of drug-likeness (QED) is 0.263. The molecule has 0 atom stereocenters. The number of allylic oxidation sites excluding steroid dienone is 1. The average Bonchev–Trinajstić information content (AvgIpc) is 3.60. The van der Waals surface area contributed by atoms with E-state index in [2.05, 4.69) is 31.1 Å². The first-order valence-electron chi connectivity index (χ1n) is 12.3. The summed E-state index contributed by atoms with van der Waals surface area (Å²) in [5, 5.41) is 10.8. The van der Waals surface area contributed by atoms with Crippen LogP contribution in [0, 0.1) is 0 Å². The number of nitrogens with zero attached hydrogens (tertiary/aromatic N) is 5. The monoisotopic (exact) mass is 509 g/mol. The van der Waals surface area contributed by atoms with Crippen molar-refractivity contribution in [1.29, 1.82) is 0 Å². The number of hydrogen-bond donors (Lipinski definition) is 2. The summed E-state index contributed by atoms with van der Waals surface area (Å²) in [6.07, 6.45) is 5.49. The Morgan fingerprint density at radius 3 is 2.49 bits per heavy atom. The predicted octanol–water partition coefficient (Wildman–Crippen LogP) is 5.46. The molecule has 4 aromatic rings. The number of benzene rings is 2. The molecular weight excluding hydrogens is 482 g/mol. The molecule has 0 saturated carbocycles. The summed E-state index contributed by atoms with van der Waals surface area (Å²) in [6, 6.07) is 17.0. The number of rotatable bonds is 6. The molecule has 0 bridgehead atoms. The van der Waals surface area contributed by atoms with Gasteiger partial charge in [0.05, 0.1) is 11.4 Å². The summed E-state index contributed by atoms with van der Waals surface area (Å²) in [6.45, 7) is 4.01. The summed E-state index contributed by atoms with van der Waals surface area (Å²) < 4.78 is 4.42. The molecular formula is C28H27N7OS. The SMILES string of the molecule is CC=CSN1CC2=C(CC(n3nc(-c4ccc(C(=O)Nc5ccccc5)cc4)c4c(N)ncnc43)C2)C1. The van der Waals surface area contributed by atoms with Crippen molar-refractivity contribution < 1.29 is 4.79 Å². The molecule has 9 heteroatoms. The smallest absolute Gasteiger partial charge is 0.255 e. The molecule has 2 aliphatic rings. The Labute approximate surface area is 219 Å². The van der Waals surface area contributed by atoms with Crippen LogP contribution in [-0.2, 0) is 0 Å². The van der Waals surface area contributed by atoms with Crippen LogP contribution >= 0.6 is 11.9 Å². The average molecular weight is 510 g/mol. The lowest BCUT2D eigenvalue weighted by molar-refractivity contribution is 0.102. The van der Waals surface area contributed by atoms with Gasteiger partial charge < -0.3 is 11.1 Å². The Morgan fingerprint density at radius 1 is 1.05 bits per heavy atom. The number of nitrogens with one attached hydrogen (secondary N) is 1. The number of nitrogen functional groups attached to an aromatic ring is 1. The van der Waals surface area contributed by atoms with Crippen molar-refractivity contribution in [2.24, 2.45) is 0 Å². The van der Waals surface area contributed by atoms with E-state index in [1.54, 1.807) is 24.1 Å². The zero-order chi connectivity index (χ0) is 25.4. The molecule has 3 heterocycles. The molecule has 1 aliphatic carbocycles. The molecule has 0 unspecified atom stereocenters. The summed E-state index contributed by atoms with van der Waals surface area (Å²) >= 11 is 1.77. The normalized spacial score (nSPS) is 16.2. The van der Waals surface area contributed by atoms with E-state index < -0.39 is 0 Å². The Balaban J connectivity index is 1.26. The van der Waals surface area contributed by atoms with Gasteiger partial charge in [0, 0.05) is 29.9 Å². The molecule has 8 nitrogen and oxygen atoms in total. The van der Waals surface area contributed by atoms with Gasteiger partial charge in [-0.05, 0) is 61.4 Å². The first-order chi connectivity index (χ1) is 18.1. The van der Waals surface area contributed by atoms with Gasteiger partial charge in [0.25, 0.3) is 5.91 Å². The van der Waals surface area contributed by atoms with Crippen molar-refractivity contribution in [3.63, 3.8) is 0 Å². The number of carbonyl (C=O) groups is 1. The lowest BCUT2D eigenvalue weighted by Gasteiger charge is -2.18. The van der Waals surface area contributed by atoms with Crippen LogP contribution in [-0.4, -0.2) is 43.1 Å². The minimum absolute atomic E-state index is 0.163. The zero-order valence-electron chi connectivity index (χ0n) is 20.5. The molecule has 0 fully saturated rings. The van der Waals surface area contributed by atoms with Crippen LogP contribution < -0.4 is 11.1 Å². The third kappa shape index (κ3) is 4.52.